The van der Waals surface area contributed by atoms with Crippen LogP contribution in [0.5, 0.6) is 5.75 Å². The summed E-state index contributed by atoms with van der Waals surface area (Å²) >= 11 is 1.48. The molecule has 10 nitrogen and oxygen atoms in total. The van der Waals surface area contributed by atoms with E-state index in [0.717, 1.165) is 5.56 Å². The largest absolute Gasteiger partial charge is 0.508 e. The number of phenolic OH excluding ortho intramolecular Hbond substituents is 1. The molecular weight excluding hydrogens is 582 g/mol. The number of hydrogen-bond acceptors (Lipinski definition) is 8. The summed E-state index contributed by atoms with van der Waals surface area (Å²) in [7, 11) is 0. The Kier molecular flexibility index (Phi) is 16.6. The number of aromatic hydroxyl groups is 1. The summed E-state index contributed by atoms with van der Waals surface area (Å²) in [5.74, 6) is -2.38. The van der Waals surface area contributed by atoms with Gasteiger partial charge in [0.15, 0.2) is 0 Å². The highest BCUT2D eigenvalue weighted by Crippen LogP contribution is 2.20. The fourth-order valence-electron chi connectivity index (χ4n) is 4.07. The van der Waals surface area contributed by atoms with Gasteiger partial charge in [-0.3, -0.25) is 9.59 Å². The maximum absolute atomic E-state index is 13.5. The van der Waals surface area contributed by atoms with Crippen molar-refractivity contribution in [1.29, 1.82) is 0 Å². The number of hydrogen-bond donors (Lipinski definition) is 5. The summed E-state index contributed by atoms with van der Waals surface area (Å²) in [4.78, 5) is 50.7. The third-order valence-corrected chi connectivity index (χ3v) is 7.00. The monoisotopic (exact) mass is 623 g/mol. The van der Waals surface area contributed by atoms with Crippen molar-refractivity contribution in [2.45, 2.75) is 64.7 Å². The zero-order valence-electron chi connectivity index (χ0n) is 24.4. The van der Waals surface area contributed by atoms with E-state index in [1.165, 1.54) is 30.0 Å². The minimum atomic E-state index is -1.14. The lowest BCUT2D eigenvalue weighted by Gasteiger charge is -2.26. The fraction of sp³-hybridized carbons (Fsp3) is 0.467. The molecule has 2 aromatic rings. The lowest BCUT2D eigenvalue weighted by atomic mass is 10.00. The molecule has 0 aliphatic carbocycles. The van der Waals surface area contributed by atoms with Gasteiger partial charge in [0.2, 0.25) is 11.8 Å². The first-order valence-electron chi connectivity index (χ1n) is 13.7. The smallest absolute Gasteiger partial charge is 0.338 e. The Morgan fingerprint density at radius 1 is 0.976 bits per heavy atom. The number of carbonyl (C=O) groups excluding carboxylic acids is 3. The molecule has 2 rings (SSSR count). The molecule has 0 spiro atoms. The van der Waals surface area contributed by atoms with Gasteiger partial charge in [0, 0.05) is 18.5 Å². The third kappa shape index (κ3) is 11.9. The molecule has 42 heavy (non-hydrogen) atoms. The van der Waals surface area contributed by atoms with E-state index < -0.39 is 41.9 Å². The minimum Gasteiger partial charge on any atom is -0.508 e. The van der Waals surface area contributed by atoms with E-state index in [2.05, 4.69) is 16.0 Å². The number of benzene rings is 2. The van der Waals surface area contributed by atoms with Crippen LogP contribution in [0.3, 0.4) is 0 Å². The molecule has 0 aliphatic rings. The number of carbonyl (C=O) groups is 4. The highest BCUT2D eigenvalue weighted by atomic mass is 35.5. The average molecular weight is 624 g/mol. The molecule has 0 aromatic heterocycles. The van der Waals surface area contributed by atoms with Crippen molar-refractivity contribution in [1.82, 2.24) is 16.0 Å². The topological polar surface area (TPSA) is 154 Å². The van der Waals surface area contributed by atoms with Crippen LogP contribution < -0.4 is 16.0 Å². The Hall–Kier alpha value is -3.28. The van der Waals surface area contributed by atoms with E-state index in [4.69, 9.17) is 4.74 Å². The maximum atomic E-state index is 13.5. The van der Waals surface area contributed by atoms with Crippen LogP contribution in [0.2, 0.25) is 0 Å². The first kappa shape index (κ1) is 36.7. The van der Waals surface area contributed by atoms with Crippen molar-refractivity contribution in [3.05, 3.63) is 65.2 Å². The van der Waals surface area contributed by atoms with E-state index >= 15 is 0 Å². The predicted octanol–water partition coefficient (Wildman–Crippen LogP) is 3.55. The molecular formula is C30H42ClN3O7S. The number of aliphatic carboxylic acids is 1. The third-order valence-electron chi connectivity index (χ3n) is 6.35. The van der Waals surface area contributed by atoms with Crippen LogP contribution in [-0.4, -0.2) is 70.7 Å². The molecule has 2 amide bonds. The van der Waals surface area contributed by atoms with Crippen molar-refractivity contribution in [2.75, 3.05) is 18.6 Å². The number of carboxylic acids is 1. The Bertz CT molecular complexity index is 1170. The first-order chi connectivity index (χ1) is 19.6. The number of nitrogens with one attached hydrogen (secondary N) is 3. The Morgan fingerprint density at radius 2 is 1.64 bits per heavy atom. The fourth-order valence-corrected chi connectivity index (χ4v) is 4.54. The number of amides is 2. The van der Waals surface area contributed by atoms with Crippen LogP contribution in [0.15, 0.2) is 48.5 Å². The van der Waals surface area contributed by atoms with Gasteiger partial charge in [-0.15, -0.1) is 12.4 Å². The van der Waals surface area contributed by atoms with E-state index in [9.17, 15) is 29.4 Å². The highest BCUT2D eigenvalue weighted by Gasteiger charge is 2.30. The summed E-state index contributed by atoms with van der Waals surface area (Å²) in [5.41, 5.74) is 1.49. The normalized spacial score (nSPS) is 12.9. The molecule has 3 atom stereocenters. The molecule has 0 saturated heterocycles. The molecule has 0 bridgehead atoms. The SMILES string of the molecule is CCCOC(=O)c1ccc(O)c(CN[C@H](C(=O)N[C@@H](Cc2ccccc2)C(=O)N[C@@H](CCSC)C(=O)O)C(C)C)c1.Cl. The second-order valence-corrected chi connectivity index (χ2v) is 11.0. The predicted molar refractivity (Wildman–Crippen MR) is 166 cm³/mol. The first-order valence-corrected chi connectivity index (χ1v) is 15.1. The van der Waals surface area contributed by atoms with Gasteiger partial charge >= 0.3 is 11.9 Å². The van der Waals surface area contributed by atoms with E-state index in [-0.39, 0.29) is 55.6 Å². The lowest BCUT2D eigenvalue weighted by molar-refractivity contribution is -0.142. The Balaban J connectivity index is 0.00000882. The highest BCUT2D eigenvalue weighted by molar-refractivity contribution is 7.98. The van der Waals surface area contributed by atoms with Gasteiger partial charge in [-0.05, 0) is 54.5 Å². The van der Waals surface area contributed by atoms with Crippen molar-refractivity contribution < 1.29 is 34.1 Å². The van der Waals surface area contributed by atoms with Crippen LogP contribution in [0.1, 0.15) is 55.1 Å². The van der Waals surface area contributed by atoms with E-state index in [0.29, 0.717) is 17.7 Å². The molecule has 232 valence electrons. The van der Waals surface area contributed by atoms with Gasteiger partial charge in [0.1, 0.15) is 17.8 Å². The second kappa shape index (κ2) is 19.0. The average Bonchev–Trinajstić information content (AvgIpc) is 2.94. The van der Waals surface area contributed by atoms with Crippen LogP contribution in [0, 0.1) is 5.92 Å². The van der Waals surface area contributed by atoms with E-state index in [1.807, 2.05) is 57.4 Å². The van der Waals surface area contributed by atoms with Gasteiger partial charge in [0.05, 0.1) is 18.2 Å². The van der Waals surface area contributed by atoms with Gasteiger partial charge in [0.25, 0.3) is 0 Å². The van der Waals surface area contributed by atoms with Crippen molar-refractivity contribution in [3.8, 4) is 5.75 Å². The molecule has 5 N–H and O–H groups in total. The van der Waals surface area contributed by atoms with Crippen LogP contribution in [0.25, 0.3) is 0 Å². The number of ether oxygens (including phenoxy) is 1. The molecule has 0 saturated carbocycles. The van der Waals surface area contributed by atoms with Gasteiger partial charge in [-0.2, -0.15) is 11.8 Å². The van der Waals surface area contributed by atoms with Crippen molar-refractivity contribution in [3.63, 3.8) is 0 Å². The molecule has 0 unspecified atom stereocenters. The quantitative estimate of drug-likeness (QED) is 0.166. The van der Waals surface area contributed by atoms with Gasteiger partial charge < -0.3 is 30.9 Å². The van der Waals surface area contributed by atoms with Crippen LogP contribution in [-0.2, 0) is 32.1 Å². The zero-order chi connectivity index (χ0) is 30.4. The maximum Gasteiger partial charge on any atom is 0.338 e. The van der Waals surface area contributed by atoms with Gasteiger partial charge in [-0.25, -0.2) is 9.59 Å². The summed E-state index contributed by atoms with van der Waals surface area (Å²) < 4.78 is 5.17. The number of phenols is 1. The molecule has 0 heterocycles. The Labute approximate surface area is 257 Å². The number of carboxylic acid groups (broad SMARTS) is 1. The van der Waals surface area contributed by atoms with Gasteiger partial charge in [-0.1, -0.05) is 51.1 Å². The van der Waals surface area contributed by atoms with Crippen LogP contribution in [0.4, 0.5) is 0 Å². The molecule has 0 fully saturated rings. The number of rotatable bonds is 17. The minimum absolute atomic E-state index is 0. The van der Waals surface area contributed by atoms with Crippen molar-refractivity contribution in [2.24, 2.45) is 5.92 Å². The van der Waals surface area contributed by atoms with Crippen LogP contribution >= 0.6 is 24.2 Å². The lowest BCUT2D eigenvalue weighted by Crippen LogP contribution is -2.56. The number of thioether (sulfide) groups is 1. The standard InChI is InChI=1S/C30H41N3O7S.ClH/c1-5-14-40-30(39)21-11-12-25(34)22(17-21)18-31-26(19(2)3)28(36)33-24(16-20-9-7-6-8-10-20)27(35)32-23(29(37)38)13-15-41-4;/h6-12,17,19,23-24,26,31,34H,5,13-16,18H2,1-4H3,(H,32,35)(H,33,36)(H,37,38);1H/t23-,24-,26-;/m0./s1. The zero-order valence-corrected chi connectivity index (χ0v) is 26.1. The second-order valence-electron chi connectivity index (χ2n) is 10.0. The molecule has 0 aliphatic heterocycles. The summed E-state index contributed by atoms with van der Waals surface area (Å²) in [6.45, 7) is 5.92. The van der Waals surface area contributed by atoms with E-state index in [1.54, 1.807) is 0 Å². The van der Waals surface area contributed by atoms with Crippen molar-refractivity contribution >= 4 is 47.9 Å². The molecule has 12 heteroatoms. The molecule has 0 radical (unpaired) electrons. The summed E-state index contributed by atoms with van der Waals surface area (Å²) in [6, 6.07) is 10.7. The molecule has 2 aromatic carbocycles. The number of esters is 1. The summed E-state index contributed by atoms with van der Waals surface area (Å²) in [6.07, 6.45) is 2.95. The summed E-state index contributed by atoms with van der Waals surface area (Å²) in [5, 5.41) is 28.5. The number of halogens is 1. The Morgan fingerprint density at radius 3 is 2.24 bits per heavy atom.